The summed E-state index contributed by atoms with van der Waals surface area (Å²) >= 11 is 0. The van der Waals surface area contributed by atoms with Crippen LogP contribution in [0.3, 0.4) is 0 Å². The molecule has 2 saturated heterocycles. The Morgan fingerprint density at radius 2 is 1.71 bits per heavy atom. The summed E-state index contributed by atoms with van der Waals surface area (Å²) in [5.74, 6) is -1.39. The van der Waals surface area contributed by atoms with E-state index in [4.69, 9.17) is 10.5 Å². The lowest BCUT2D eigenvalue weighted by molar-refractivity contribution is -0.141. The summed E-state index contributed by atoms with van der Waals surface area (Å²) < 4.78 is 19.5. The molecule has 0 spiro atoms. The molecule has 9 nitrogen and oxygen atoms in total. The fourth-order valence-corrected chi connectivity index (χ4v) is 5.87. The SMILES string of the molecule is CC(C)(N)C(=O)N/C(=C\OCc1ccccc1)C(=O)N1CCN2C(=O)C=C(N3CCCC3)C2(Cc2ccc(F)cc2)C1. The lowest BCUT2D eigenvalue weighted by Gasteiger charge is -2.50. The van der Waals surface area contributed by atoms with Crippen LogP contribution in [0.15, 0.2) is 78.3 Å². The molecule has 2 aromatic carbocycles. The van der Waals surface area contributed by atoms with Crippen molar-refractivity contribution in [3.05, 3.63) is 95.3 Å². The Kier molecular flexibility index (Phi) is 8.36. The first-order valence-corrected chi connectivity index (χ1v) is 14.4. The van der Waals surface area contributed by atoms with E-state index in [1.54, 1.807) is 37.0 Å². The summed E-state index contributed by atoms with van der Waals surface area (Å²) in [5, 5.41) is 2.68. The number of amides is 3. The third kappa shape index (κ3) is 6.18. The van der Waals surface area contributed by atoms with E-state index in [1.807, 2.05) is 35.2 Å². The van der Waals surface area contributed by atoms with Gasteiger partial charge in [-0.2, -0.15) is 0 Å². The number of fused-ring (bicyclic) bond motifs is 1. The number of carbonyl (C=O) groups is 3. The normalized spacial score (nSPS) is 20.9. The molecule has 3 aliphatic rings. The van der Waals surface area contributed by atoms with E-state index < -0.39 is 22.9 Å². The van der Waals surface area contributed by atoms with Gasteiger partial charge >= 0.3 is 0 Å². The Morgan fingerprint density at radius 3 is 2.38 bits per heavy atom. The predicted molar refractivity (Wildman–Crippen MR) is 156 cm³/mol. The van der Waals surface area contributed by atoms with Gasteiger partial charge in [0.1, 0.15) is 29.9 Å². The maximum absolute atomic E-state index is 14.1. The largest absolute Gasteiger partial charge is 0.494 e. The van der Waals surface area contributed by atoms with Crippen molar-refractivity contribution in [2.24, 2.45) is 5.73 Å². The second-order valence-corrected chi connectivity index (χ2v) is 11.8. The van der Waals surface area contributed by atoms with Crippen LogP contribution in [-0.4, -0.2) is 76.2 Å². The minimum Gasteiger partial charge on any atom is -0.494 e. The van der Waals surface area contributed by atoms with Gasteiger partial charge in [0.05, 0.1) is 12.1 Å². The second-order valence-electron chi connectivity index (χ2n) is 11.8. The molecule has 2 fully saturated rings. The van der Waals surface area contributed by atoms with E-state index in [-0.39, 0.29) is 37.1 Å². The van der Waals surface area contributed by atoms with Crippen molar-refractivity contribution in [3.63, 3.8) is 0 Å². The van der Waals surface area contributed by atoms with Gasteiger partial charge in [-0.15, -0.1) is 0 Å². The first-order valence-electron chi connectivity index (χ1n) is 14.4. The Balaban J connectivity index is 1.45. The average molecular weight is 576 g/mol. The fraction of sp³-hybridized carbons (Fsp3) is 0.406. The lowest BCUT2D eigenvalue weighted by atomic mass is 9.84. The molecular formula is C32H38FN5O4. The standard InChI is InChI=1S/C32H38FN5O4/c1-31(2,34)30(41)35-26(21-42-20-24-8-4-3-5-9-24)29(40)37-16-17-38-28(39)18-27(36-14-6-7-15-36)32(38,22-37)19-23-10-12-25(33)13-11-23/h3-5,8-13,18,21H,6-7,14-17,19-20,22,34H2,1-2H3,(H,35,41)/b26-21-. The third-order valence-corrected chi connectivity index (χ3v) is 8.07. The molecule has 3 N–H and O–H groups in total. The molecule has 0 bridgehead atoms. The zero-order chi connectivity index (χ0) is 29.9. The molecule has 3 amide bonds. The van der Waals surface area contributed by atoms with E-state index in [1.165, 1.54) is 18.4 Å². The van der Waals surface area contributed by atoms with Gasteiger partial charge in [-0.3, -0.25) is 14.4 Å². The molecule has 0 aliphatic carbocycles. The number of nitrogens with zero attached hydrogens (tertiary/aromatic N) is 3. The molecule has 1 atom stereocenters. The number of benzene rings is 2. The number of hydrogen-bond donors (Lipinski definition) is 2. The van der Waals surface area contributed by atoms with Crippen LogP contribution >= 0.6 is 0 Å². The average Bonchev–Trinajstić information content (AvgIpc) is 3.59. The van der Waals surface area contributed by atoms with Gasteiger partial charge in [-0.1, -0.05) is 42.5 Å². The highest BCUT2D eigenvalue weighted by atomic mass is 19.1. The number of rotatable bonds is 9. The van der Waals surface area contributed by atoms with Gasteiger partial charge in [0.2, 0.25) is 11.8 Å². The van der Waals surface area contributed by atoms with Crippen LogP contribution in [0.25, 0.3) is 0 Å². The Labute approximate surface area is 245 Å². The highest BCUT2D eigenvalue weighted by Gasteiger charge is 2.53. The van der Waals surface area contributed by atoms with Crippen LogP contribution in [0.5, 0.6) is 0 Å². The first-order chi connectivity index (χ1) is 20.1. The van der Waals surface area contributed by atoms with Crippen LogP contribution in [-0.2, 0) is 32.1 Å². The summed E-state index contributed by atoms with van der Waals surface area (Å²) in [6.07, 6.45) is 5.42. The molecule has 5 rings (SSSR count). The number of hydrogen-bond acceptors (Lipinski definition) is 6. The van der Waals surface area contributed by atoms with Crippen molar-refractivity contribution >= 4 is 17.7 Å². The number of nitrogens with one attached hydrogen (secondary N) is 1. The van der Waals surface area contributed by atoms with Gasteiger partial charge in [0.25, 0.3) is 5.91 Å². The van der Waals surface area contributed by atoms with Crippen molar-refractivity contribution in [3.8, 4) is 0 Å². The molecule has 222 valence electrons. The second kappa shape index (κ2) is 12.0. The van der Waals surface area contributed by atoms with E-state index in [0.29, 0.717) is 13.0 Å². The minimum atomic E-state index is -1.23. The van der Waals surface area contributed by atoms with Crippen LogP contribution < -0.4 is 11.1 Å². The van der Waals surface area contributed by atoms with Crippen LogP contribution in [0.2, 0.25) is 0 Å². The zero-order valence-electron chi connectivity index (χ0n) is 24.1. The van der Waals surface area contributed by atoms with E-state index in [0.717, 1.165) is 42.8 Å². The molecular weight excluding hydrogens is 537 g/mol. The molecule has 0 radical (unpaired) electrons. The topological polar surface area (TPSA) is 108 Å². The van der Waals surface area contributed by atoms with Crippen molar-refractivity contribution in [2.45, 2.75) is 50.8 Å². The Morgan fingerprint density at radius 1 is 1.02 bits per heavy atom. The van der Waals surface area contributed by atoms with Crippen molar-refractivity contribution in [1.29, 1.82) is 0 Å². The van der Waals surface area contributed by atoms with Crippen LogP contribution in [0.4, 0.5) is 4.39 Å². The number of carbonyl (C=O) groups excluding carboxylic acids is 3. The summed E-state index contributed by atoms with van der Waals surface area (Å²) in [7, 11) is 0. The molecule has 2 aromatic rings. The van der Waals surface area contributed by atoms with Crippen molar-refractivity contribution in [2.75, 3.05) is 32.7 Å². The van der Waals surface area contributed by atoms with Crippen LogP contribution in [0, 0.1) is 5.82 Å². The number of piperazine rings is 1. The van der Waals surface area contributed by atoms with Gasteiger partial charge in [0.15, 0.2) is 0 Å². The summed E-state index contributed by atoms with van der Waals surface area (Å²) in [6.45, 7) is 5.76. The smallest absolute Gasteiger partial charge is 0.273 e. The lowest BCUT2D eigenvalue weighted by Crippen LogP contribution is -2.65. The van der Waals surface area contributed by atoms with E-state index >= 15 is 0 Å². The third-order valence-electron chi connectivity index (χ3n) is 8.07. The van der Waals surface area contributed by atoms with Crippen molar-refractivity contribution in [1.82, 2.24) is 20.0 Å². The molecule has 0 aromatic heterocycles. The monoisotopic (exact) mass is 575 g/mol. The highest BCUT2D eigenvalue weighted by molar-refractivity contribution is 6.00. The Bertz CT molecular complexity index is 1380. The number of likely N-dealkylation sites (tertiary alicyclic amines) is 1. The highest BCUT2D eigenvalue weighted by Crippen LogP contribution is 2.41. The zero-order valence-corrected chi connectivity index (χ0v) is 24.1. The van der Waals surface area contributed by atoms with E-state index in [9.17, 15) is 18.8 Å². The number of halogens is 1. The molecule has 1 unspecified atom stereocenters. The maximum atomic E-state index is 14.1. The summed E-state index contributed by atoms with van der Waals surface area (Å²) in [4.78, 5) is 46.0. The first kappa shape index (κ1) is 29.3. The minimum absolute atomic E-state index is 0.0316. The van der Waals surface area contributed by atoms with Crippen molar-refractivity contribution < 1.29 is 23.5 Å². The molecule has 42 heavy (non-hydrogen) atoms. The van der Waals surface area contributed by atoms with Gasteiger partial charge in [-0.05, 0) is 49.9 Å². The van der Waals surface area contributed by atoms with E-state index in [2.05, 4.69) is 10.2 Å². The fourth-order valence-electron chi connectivity index (χ4n) is 5.87. The van der Waals surface area contributed by atoms with Gasteiger partial charge in [0, 0.05) is 44.4 Å². The molecule has 0 saturated carbocycles. The van der Waals surface area contributed by atoms with Crippen LogP contribution in [0.1, 0.15) is 37.8 Å². The molecule has 3 aliphatic heterocycles. The quantitative estimate of drug-likeness (QED) is 0.352. The van der Waals surface area contributed by atoms with Gasteiger partial charge < -0.3 is 30.5 Å². The summed E-state index contributed by atoms with van der Waals surface area (Å²) in [6, 6.07) is 15.7. The summed E-state index contributed by atoms with van der Waals surface area (Å²) in [5.41, 5.74) is 6.57. The van der Waals surface area contributed by atoms with Gasteiger partial charge in [-0.25, -0.2) is 4.39 Å². The maximum Gasteiger partial charge on any atom is 0.273 e. The molecule has 10 heteroatoms. The predicted octanol–water partition coefficient (Wildman–Crippen LogP) is 2.68. The molecule has 3 heterocycles. The number of ether oxygens (including phenoxy) is 1. The number of nitrogens with two attached hydrogens (primary N) is 1. The Hall–Kier alpha value is -4.18.